The first kappa shape index (κ1) is 44.3. The van der Waals surface area contributed by atoms with E-state index in [1.54, 1.807) is 0 Å². The third-order valence-electron chi connectivity index (χ3n) is 14.4. The Labute approximate surface area is 422 Å². The topological polar surface area (TPSA) is 30.7 Å². The van der Waals surface area contributed by atoms with Gasteiger partial charge in [0.1, 0.15) is 0 Å². The van der Waals surface area contributed by atoms with Gasteiger partial charge in [-0.1, -0.05) is 244 Å². The number of hydrogen-bond acceptors (Lipinski definition) is 2. The molecule has 3 nitrogen and oxygen atoms in total. The van der Waals surface area contributed by atoms with Gasteiger partial charge >= 0.3 is 0 Å². The molecule has 0 radical (unpaired) electrons. The zero-order chi connectivity index (χ0) is 48.6. The van der Waals surface area contributed by atoms with E-state index in [0.29, 0.717) is 5.95 Å². The van der Waals surface area contributed by atoms with E-state index in [0.717, 1.165) is 40.0 Å². The number of benzene rings is 10. The normalized spacial score (nSPS) is 12.3. The van der Waals surface area contributed by atoms with Crippen molar-refractivity contribution < 1.29 is 0 Å². The molecule has 1 aliphatic rings. The van der Waals surface area contributed by atoms with E-state index in [-0.39, 0.29) is 5.41 Å². The average Bonchev–Trinajstić information content (AvgIpc) is 3.88. The molecule has 2 heterocycles. The Kier molecular flexibility index (Phi) is 11.5. The Balaban J connectivity index is 0.000000178. The number of aromatic nitrogens is 3. The second kappa shape index (κ2) is 18.8. The van der Waals surface area contributed by atoms with Crippen LogP contribution in [-0.4, -0.2) is 14.5 Å². The molecule has 0 unspecified atom stereocenters. The Bertz CT molecular complexity index is 3720. The van der Waals surface area contributed by atoms with E-state index < -0.39 is 0 Å². The van der Waals surface area contributed by atoms with Gasteiger partial charge in [0.2, 0.25) is 5.95 Å². The summed E-state index contributed by atoms with van der Waals surface area (Å²) in [5, 5.41) is 2.40. The molecule has 1 aliphatic carbocycles. The van der Waals surface area contributed by atoms with E-state index in [4.69, 9.17) is 9.97 Å². The highest BCUT2D eigenvalue weighted by Crippen LogP contribution is 2.51. The molecule has 0 N–H and O–H groups in total. The highest BCUT2D eigenvalue weighted by Gasteiger charge is 2.36. The van der Waals surface area contributed by atoms with E-state index in [1.807, 2.05) is 12.1 Å². The molecule has 0 aliphatic heterocycles. The SMILES string of the molecule is Cc1ccc(-c2ccc3c(c2)c2cc4c(cc2n3-c2nc(-c3ccccc3)cc(-c3ccccc3)n2)C(C)(C)c2ccccc2-4)cc1.c1ccc(-c2ccc(Cc3ccc(-c4ccccc4)cc3)cc2)cc1. The van der Waals surface area contributed by atoms with Crippen molar-refractivity contribution >= 4 is 21.8 Å². The van der Waals surface area contributed by atoms with Crippen LogP contribution in [0, 0.1) is 6.92 Å². The van der Waals surface area contributed by atoms with Crippen LogP contribution < -0.4 is 0 Å². The van der Waals surface area contributed by atoms with Crippen molar-refractivity contribution in [2.24, 2.45) is 0 Å². The Morgan fingerprint density at radius 3 is 1.32 bits per heavy atom. The molecule has 0 amide bonds. The summed E-state index contributed by atoms with van der Waals surface area (Å²) < 4.78 is 2.28. The number of hydrogen-bond donors (Lipinski definition) is 0. The summed E-state index contributed by atoms with van der Waals surface area (Å²) >= 11 is 0. The molecule has 0 spiro atoms. The van der Waals surface area contributed by atoms with Gasteiger partial charge in [-0.25, -0.2) is 9.97 Å². The molecule has 0 fully saturated rings. The van der Waals surface area contributed by atoms with Crippen LogP contribution in [0.2, 0.25) is 0 Å². The number of fused-ring (bicyclic) bond motifs is 6. The minimum absolute atomic E-state index is 0.129. The summed E-state index contributed by atoms with van der Waals surface area (Å²) in [6.45, 7) is 6.81. The van der Waals surface area contributed by atoms with Gasteiger partial charge < -0.3 is 0 Å². The molecular formula is C69H53N3. The lowest BCUT2D eigenvalue weighted by Gasteiger charge is -2.21. The maximum Gasteiger partial charge on any atom is 0.235 e. The minimum Gasteiger partial charge on any atom is -0.278 e. The van der Waals surface area contributed by atoms with Crippen LogP contribution in [0.15, 0.2) is 255 Å². The smallest absolute Gasteiger partial charge is 0.235 e. The van der Waals surface area contributed by atoms with E-state index in [9.17, 15) is 0 Å². The first-order chi connectivity index (χ1) is 35.3. The van der Waals surface area contributed by atoms with Gasteiger partial charge in [0.15, 0.2) is 0 Å². The first-order valence-electron chi connectivity index (χ1n) is 24.9. The highest BCUT2D eigenvalue weighted by molar-refractivity contribution is 6.12. The molecule has 13 rings (SSSR count). The van der Waals surface area contributed by atoms with Crippen molar-refractivity contribution in [1.29, 1.82) is 0 Å². The standard InChI is InChI=1S/C44H33N3.C25H20/c1-28-18-20-29(21-19-28)32-22-23-41-35(24-32)36-25-34-33-16-10-11-17-37(33)44(2,3)38(34)26-42(36)47(41)43-45-39(30-12-6-4-7-13-30)27-40(46-43)31-14-8-5-9-15-31;1-3-7-22(8-4-1)24-15-11-20(12-16-24)19-21-13-17-25(18-14-21)23-9-5-2-6-10-23/h4-27H,1-3H3;1-18H,19H2. The maximum absolute atomic E-state index is 5.28. The molecule has 344 valence electrons. The van der Waals surface area contributed by atoms with Gasteiger partial charge in [-0.3, -0.25) is 4.57 Å². The third-order valence-corrected chi connectivity index (χ3v) is 14.4. The van der Waals surface area contributed by atoms with Crippen molar-refractivity contribution in [1.82, 2.24) is 14.5 Å². The van der Waals surface area contributed by atoms with Gasteiger partial charge in [-0.2, -0.15) is 0 Å². The van der Waals surface area contributed by atoms with Crippen LogP contribution in [0.3, 0.4) is 0 Å². The quantitative estimate of drug-likeness (QED) is 0.152. The fourth-order valence-electron chi connectivity index (χ4n) is 10.5. The lowest BCUT2D eigenvalue weighted by molar-refractivity contribution is 0.661. The summed E-state index contributed by atoms with van der Waals surface area (Å²) in [6.07, 6.45) is 0.962. The van der Waals surface area contributed by atoms with Gasteiger partial charge in [0.05, 0.1) is 22.4 Å². The lowest BCUT2D eigenvalue weighted by Crippen LogP contribution is -2.15. The van der Waals surface area contributed by atoms with Crippen LogP contribution in [0.5, 0.6) is 0 Å². The minimum atomic E-state index is -0.129. The van der Waals surface area contributed by atoms with Crippen molar-refractivity contribution in [3.05, 3.63) is 283 Å². The maximum atomic E-state index is 5.28. The predicted octanol–water partition coefficient (Wildman–Crippen LogP) is 17.8. The zero-order valence-corrected chi connectivity index (χ0v) is 40.8. The molecule has 72 heavy (non-hydrogen) atoms. The Morgan fingerprint density at radius 2 is 0.778 bits per heavy atom. The van der Waals surface area contributed by atoms with Gasteiger partial charge in [0.25, 0.3) is 0 Å². The number of rotatable bonds is 8. The molecule has 2 aromatic heterocycles. The summed E-state index contributed by atoms with van der Waals surface area (Å²) in [7, 11) is 0. The van der Waals surface area contributed by atoms with Gasteiger partial charge in [-0.05, 0) is 110 Å². The molecule has 0 saturated heterocycles. The number of aryl methyl sites for hydroxylation is 1. The second-order valence-corrected chi connectivity index (χ2v) is 19.5. The summed E-state index contributed by atoms with van der Waals surface area (Å²) in [5.41, 5.74) is 22.7. The Hall–Kier alpha value is -8.92. The summed E-state index contributed by atoms with van der Waals surface area (Å²) in [6, 6.07) is 91.0. The van der Waals surface area contributed by atoms with Crippen molar-refractivity contribution in [2.75, 3.05) is 0 Å². The molecule has 12 aromatic rings. The van der Waals surface area contributed by atoms with Crippen LogP contribution in [0.25, 0.3) is 94.8 Å². The van der Waals surface area contributed by atoms with Gasteiger partial charge in [-0.15, -0.1) is 0 Å². The monoisotopic (exact) mass is 923 g/mol. The van der Waals surface area contributed by atoms with E-state index in [2.05, 4.69) is 268 Å². The lowest BCUT2D eigenvalue weighted by atomic mass is 9.82. The average molecular weight is 924 g/mol. The predicted molar refractivity (Wildman–Crippen MR) is 302 cm³/mol. The molecule has 3 heteroatoms. The van der Waals surface area contributed by atoms with E-state index >= 15 is 0 Å². The van der Waals surface area contributed by atoms with Gasteiger partial charge in [0, 0.05) is 27.3 Å². The second-order valence-electron chi connectivity index (χ2n) is 19.5. The summed E-state index contributed by atoms with van der Waals surface area (Å²) in [4.78, 5) is 10.6. The van der Waals surface area contributed by atoms with Crippen molar-refractivity contribution in [3.63, 3.8) is 0 Å². The Morgan fingerprint density at radius 1 is 0.347 bits per heavy atom. The molecule has 10 aromatic carbocycles. The van der Waals surface area contributed by atoms with Crippen LogP contribution >= 0.6 is 0 Å². The fourth-order valence-corrected chi connectivity index (χ4v) is 10.5. The molecule has 0 saturated carbocycles. The fraction of sp³-hybridized carbons (Fsp3) is 0.0725. The van der Waals surface area contributed by atoms with Crippen LogP contribution in [0.4, 0.5) is 0 Å². The van der Waals surface area contributed by atoms with E-state index in [1.165, 1.54) is 83.1 Å². The first-order valence-corrected chi connectivity index (χ1v) is 24.9. The van der Waals surface area contributed by atoms with Crippen molar-refractivity contribution in [3.8, 4) is 73.0 Å². The largest absolute Gasteiger partial charge is 0.278 e. The number of nitrogens with zero attached hydrogens (tertiary/aromatic N) is 3. The molecule has 0 atom stereocenters. The highest BCUT2D eigenvalue weighted by atomic mass is 15.2. The van der Waals surface area contributed by atoms with Crippen LogP contribution in [0.1, 0.15) is 41.7 Å². The third kappa shape index (κ3) is 8.50. The van der Waals surface area contributed by atoms with Crippen molar-refractivity contribution in [2.45, 2.75) is 32.6 Å². The molecular weight excluding hydrogens is 871 g/mol. The van der Waals surface area contributed by atoms with Crippen LogP contribution in [-0.2, 0) is 11.8 Å². The zero-order valence-electron chi connectivity index (χ0n) is 40.8. The summed E-state index contributed by atoms with van der Waals surface area (Å²) in [5.74, 6) is 0.668. The molecule has 0 bridgehead atoms.